The predicted octanol–water partition coefficient (Wildman–Crippen LogP) is 4.58. The van der Waals surface area contributed by atoms with E-state index in [2.05, 4.69) is 29.4 Å². The molecule has 0 aliphatic heterocycles. The van der Waals surface area contributed by atoms with Crippen molar-refractivity contribution < 1.29 is 9.47 Å². The Hall–Kier alpha value is -2.37. The molecule has 26 heavy (non-hydrogen) atoms. The third kappa shape index (κ3) is 5.07. The highest BCUT2D eigenvalue weighted by atomic mass is 32.1. The first-order chi connectivity index (χ1) is 12.8. The topological polar surface area (TPSA) is 43.4 Å². The van der Waals surface area contributed by atoms with Gasteiger partial charge in [0.25, 0.3) is 0 Å². The number of hydrogen-bond donors (Lipinski definition) is 1. The van der Waals surface area contributed by atoms with E-state index in [1.54, 1.807) is 13.3 Å². The van der Waals surface area contributed by atoms with Crippen molar-refractivity contribution in [3.8, 4) is 11.5 Å². The number of aromatic nitrogens is 1. The van der Waals surface area contributed by atoms with E-state index in [1.165, 1.54) is 9.75 Å². The van der Waals surface area contributed by atoms with Crippen molar-refractivity contribution >= 4 is 11.3 Å². The summed E-state index contributed by atoms with van der Waals surface area (Å²) in [5.41, 5.74) is 1.99. The summed E-state index contributed by atoms with van der Waals surface area (Å²) < 4.78 is 11.4. The van der Waals surface area contributed by atoms with Crippen molar-refractivity contribution in [2.45, 2.75) is 33.0 Å². The number of nitrogens with one attached hydrogen (secondary N) is 1. The summed E-state index contributed by atoms with van der Waals surface area (Å²) in [6.07, 6.45) is 2.87. The Kier molecular flexibility index (Phi) is 6.63. The molecule has 136 valence electrons. The molecule has 0 radical (unpaired) electrons. The molecule has 0 aliphatic carbocycles. The molecule has 0 fully saturated rings. The maximum absolute atomic E-state index is 5.99. The number of rotatable bonds is 9. The van der Waals surface area contributed by atoms with Crippen LogP contribution in [0.2, 0.25) is 0 Å². The molecule has 0 saturated heterocycles. The monoisotopic (exact) mass is 368 g/mol. The Morgan fingerprint density at radius 1 is 1.04 bits per heavy atom. The first kappa shape index (κ1) is 18.4. The molecule has 0 unspecified atom stereocenters. The van der Waals surface area contributed by atoms with Crippen molar-refractivity contribution in [2.75, 3.05) is 7.11 Å². The zero-order valence-electron chi connectivity index (χ0n) is 15.2. The standard InChI is InChI=1S/C21H24N2O2S/c1-3-19-8-9-20(26-19)14-22-13-16-12-18(24-2)7-10-21(16)25-15-17-6-4-5-11-23-17/h4-12,22H,3,13-15H2,1-2H3. The fourth-order valence-corrected chi connectivity index (χ4v) is 3.55. The molecule has 0 bridgehead atoms. The molecule has 2 aromatic heterocycles. The van der Waals surface area contributed by atoms with Crippen LogP contribution in [0, 0.1) is 0 Å². The number of ether oxygens (including phenoxy) is 2. The van der Waals surface area contributed by atoms with Gasteiger partial charge in [0.1, 0.15) is 18.1 Å². The lowest BCUT2D eigenvalue weighted by Gasteiger charge is -2.13. The normalized spacial score (nSPS) is 10.7. The van der Waals surface area contributed by atoms with Crippen LogP contribution in [0.1, 0.15) is 27.9 Å². The summed E-state index contributed by atoms with van der Waals surface area (Å²) in [6, 6.07) is 16.1. The van der Waals surface area contributed by atoms with E-state index in [4.69, 9.17) is 9.47 Å². The number of thiophene rings is 1. The fraction of sp³-hybridized carbons (Fsp3) is 0.286. The van der Waals surface area contributed by atoms with Gasteiger partial charge >= 0.3 is 0 Å². The van der Waals surface area contributed by atoms with Crippen molar-refractivity contribution in [3.63, 3.8) is 0 Å². The van der Waals surface area contributed by atoms with Crippen LogP contribution < -0.4 is 14.8 Å². The molecular formula is C21H24N2O2S. The van der Waals surface area contributed by atoms with Gasteiger partial charge in [-0.1, -0.05) is 13.0 Å². The van der Waals surface area contributed by atoms with Gasteiger partial charge in [0, 0.05) is 34.6 Å². The molecule has 3 aromatic rings. The second kappa shape index (κ2) is 9.36. The quantitative estimate of drug-likeness (QED) is 0.600. The van der Waals surface area contributed by atoms with Gasteiger partial charge in [-0.15, -0.1) is 11.3 Å². The second-order valence-electron chi connectivity index (χ2n) is 5.91. The highest BCUT2D eigenvalue weighted by molar-refractivity contribution is 7.11. The minimum Gasteiger partial charge on any atom is -0.497 e. The Morgan fingerprint density at radius 3 is 2.65 bits per heavy atom. The summed E-state index contributed by atoms with van der Waals surface area (Å²) in [5, 5.41) is 3.50. The van der Waals surface area contributed by atoms with Crippen molar-refractivity contribution in [1.29, 1.82) is 0 Å². The van der Waals surface area contributed by atoms with Gasteiger partial charge in [0.15, 0.2) is 0 Å². The van der Waals surface area contributed by atoms with Gasteiger partial charge in [0.05, 0.1) is 12.8 Å². The number of methoxy groups -OCH3 is 1. The van der Waals surface area contributed by atoms with E-state index in [9.17, 15) is 0 Å². The lowest BCUT2D eigenvalue weighted by molar-refractivity contribution is 0.296. The molecule has 0 atom stereocenters. The van der Waals surface area contributed by atoms with Gasteiger partial charge in [0.2, 0.25) is 0 Å². The van der Waals surface area contributed by atoms with Crippen molar-refractivity contribution in [1.82, 2.24) is 10.3 Å². The largest absolute Gasteiger partial charge is 0.497 e. The smallest absolute Gasteiger partial charge is 0.130 e. The Labute approximate surface area is 158 Å². The van der Waals surface area contributed by atoms with Crippen molar-refractivity contribution in [2.24, 2.45) is 0 Å². The number of benzene rings is 1. The van der Waals surface area contributed by atoms with Crippen LogP contribution in [0.4, 0.5) is 0 Å². The molecule has 4 nitrogen and oxygen atoms in total. The average molecular weight is 369 g/mol. The third-order valence-electron chi connectivity index (χ3n) is 4.05. The fourth-order valence-electron chi connectivity index (χ4n) is 2.62. The molecule has 1 aromatic carbocycles. The van der Waals surface area contributed by atoms with Gasteiger partial charge in [-0.2, -0.15) is 0 Å². The number of nitrogens with zero attached hydrogens (tertiary/aromatic N) is 1. The van der Waals surface area contributed by atoms with Crippen LogP contribution in [-0.4, -0.2) is 12.1 Å². The predicted molar refractivity (Wildman–Crippen MR) is 106 cm³/mol. The van der Waals surface area contributed by atoms with E-state index in [1.807, 2.05) is 47.7 Å². The first-order valence-electron chi connectivity index (χ1n) is 8.76. The van der Waals surface area contributed by atoms with Crippen LogP contribution in [-0.2, 0) is 26.1 Å². The maximum atomic E-state index is 5.99. The SMILES string of the molecule is CCc1ccc(CNCc2cc(OC)ccc2OCc2ccccn2)s1. The van der Waals surface area contributed by atoms with Crippen LogP contribution in [0.15, 0.2) is 54.7 Å². The molecule has 0 aliphatic rings. The minimum atomic E-state index is 0.449. The summed E-state index contributed by atoms with van der Waals surface area (Å²) >= 11 is 1.86. The van der Waals surface area contributed by atoms with Crippen LogP contribution >= 0.6 is 11.3 Å². The summed E-state index contributed by atoms with van der Waals surface area (Å²) in [5.74, 6) is 1.68. The third-order valence-corrected chi connectivity index (χ3v) is 5.28. The van der Waals surface area contributed by atoms with E-state index >= 15 is 0 Å². The van der Waals surface area contributed by atoms with Crippen molar-refractivity contribution in [3.05, 3.63) is 75.7 Å². The number of hydrogen-bond acceptors (Lipinski definition) is 5. The molecule has 0 amide bonds. The Balaban J connectivity index is 1.63. The summed E-state index contributed by atoms with van der Waals surface area (Å²) in [7, 11) is 1.68. The molecule has 2 heterocycles. The van der Waals surface area contributed by atoms with E-state index in [0.29, 0.717) is 13.2 Å². The minimum absolute atomic E-state index is 0.449. The average Bonchev–Trinajstić information content (AvgIpc) is 3.15. The number of aryl methyl sites for hydroxylation is 1. The van der Waals surface area contributed by atoms with E-state index < -0.39 is 0 Å². The molecule has 1 N–H and O–H groups in total. The second-order valence-corrected chi connectivity index (χ2v) is 7.16. The van der Waals surface area contributed by atoms with E-state index in [0.717, 1.165) is 35.7 Å². The Morgan fingerprint density at radius 2 is 1.92 bits per heavy atom. The van der Waals surface area contributed by atoms with E-state index in [-0.39, 0.29) is 0 Å². The molecule has 0 saturated carbocycles. The number of pyridine rings is 1. The zero-order chi connectivity index (χ0) is 18.2. The maximum Gasteiger partial charge on any atom is 0.130 e. The van der Waals surface area contributed by atoms with Crippen LogP contribution in [0.5, 0.6) is 11.5 Å². The molecule has 0 spiro atoms. The zero-order valence-corrected chi connectivity index (χ0v) is 16.0. The molecule has 3 rings (SSSR count). The molecule has 5 heteroatoms. The summed E-state index contributed by atoms with van der Waals surface area (Å²) in [4.78, 5) is 7.07. The highest BCUT2D eigenvalue weighted by Gasteiger charge is 2.07. The highest BCUT2D eigenvalue weighted by Crippen LogP contribution is 2.25. The van der Waals surface area contributed by atoms with Gasteiger partial charge in [-0.3, -0.25) is 4.98 Å². The molecular weight excluding hydrogens is 344 g/mol. The van der Waals surface area contributed by atoms with Gasteiger partial charge < -0.3 is 14.8 Å². The summed E-state index contributed by atoms with van der Waals surface area (Å²) in [6.45, 7) is 4.20. The lowest BCUT2D eigenvalue weighted by Crippen LogP contribution is -2.13. The van der Waals surface area contributed by atoms with Crippen LogP contribution in [0.25, 0.3) is 0 Å². The first-order valence-corrected chi connectivity index (χ1v) is 9.58. The van der Waals surface area contributed by atoms with Crippen LogP contribution in [0.3, 0.4) is 0 Å². The van der Waals surface area contributed by atoms with Gasteiger partial charge in [-0.05, 0) is 48.9 Å². The lowest BCUT2D eigenvalue weighted by atomic mass is 10.2. The van der Waals surface area contributed by atoms with Gasteiger partial charge in [-0.25, -0.2) is 0 Å². The Bertz CT molecular complexity index is 818.